The van der Waals surface area contributed by atoms with E-state index in [1.807, 2.05) is 24.3 Å². The molecule has 0 aliphatic carbocycles. The van der Waals surface area contributed by atoms with Crippen molar-refractivity contribution in [3.8, 4) is 11.4 Å². The topological polar surface area (TPSA) is 163 Å². The van der Waals surface area contributed by atoms with Crippen molar-refractivity contribution in [2.75, 3.05) is 30.1 Å². The van der Waals surface area contributed by atoms with Crippen molar-refractivity contribution in [2.24, 2.45) is 5.73 Å². The number of fused-ring (bicyclic) bond motifs is 1. The van der Waals surface area contributed by atoms with Crippen molar-refractivity contribution in [3.63, 3.8) is 0 Å². The number of benzene rings is 2. The highest BCUT2D eigenvalue weighted by Gasteiger charge is 2.40. The first-order valence-electron chi connectivity index (χ1n) is 13.0. The number of amides is 1. The van der Waals surface area contributed by atoms with Crippen molar-refractivity contribution in [1.29, 1.82) is 0 Å². The number of carbonyl (C=O) groups is 1. The average molecular weight is 607 g/mol. The number of carbonyl (C=O) groups excluding carboxylic acids is 1. The molecule has 0 saturated carbocycles. The summed E-state index contributed by atoms with van der Waals surface area (Å²) in [6.07, 6.45) is 2.84. The third-order valence-corrected chi connectivity index (χ3v) is 11.6. The van der Waals surface area contributed by atoms with Gasteiger partial charge in [-0.1, -0.05) is 29.4 Å². The third kappa shape index (κ3) is 5.53. The smallest absolute Gasteiger partial charge is 0.247 e. The van der Waals surface area contributed by atoms with Gasteiger partial charge in [-0.3, -0.25) is 4.79 Å². The number of ether oxygens (including phenoxy) is 1. The third-order valence-electron chi connectivity index (χ3n) is 7.78. The second-order valence-corrected chi connectivity index (χ2v) is 15.5. The molecule has 3 aromatic rings. The molecule has 14 heteroatoms. The van der Waals surface area contributed by atoms with Crippen molar-refractivity contribution in [2.45, 2.75) is 54.8 Å². The molecule has 2 aliphatic heterocycles. The molecule has 41 heavy (non-hydrogen) atoms. The number of aromatic nitrogens is 2. The van der Waals surface area contributed by atoms with E-state index in [0.717, 1.165) is 36.8 Å². The van der Waals surface area contributed by atoms with Crippen LogP contribution in [0.2, 0.25) is 0 Å². The molecule has 0 spiro atoms. The van der Waals surface area contributed by atoms with Gasteiger partial charge in [0.25, 0.3) is 0 Å². The summed E-state index contributed by atoms with van der Waals surface area (Å²) in [4.78, 5) is 18.3. The molecular weight excluding hydrogens is 575 g/mol. The first-order chi connectivity index (χ1) is 19.2. The van der Waals surface area contributed by atoms with E-state index in [-0.39, 0.29) is 34.4 Å². The minimum Gasteiger partial charge on any atom is -0.381 e. The first kappa shape index (κ1) is 29.3. The van der Waals surface area contributed by atoms with Crippen molar-refractivity contribution >= 4 is 31.3 Å². The monoisotopic (exact) mass is 606 g/mol. The Morgan fingerprint density at radius 2 is 1.80 bits per heavy atom. The van der Waals surface area contributed by atoms with Crippen LogP contribution in [-0.2, 0) is 40.5 Å². The van der Waals surface area contributed by atoms with Gasteiger partial charge >= 0.3 is 0 Å². The largest absolute Gasteiger partial charge is 0.381 e. The van der Waals surface area contributed by atoms with Gasteiger partial charge in [0, 0.05) is 19.5 Å². The fourth-order valence-corrected chi connectivity index (χ4v) is 6.86. The van der Waals surface area contributed by atoms with Crippen LogP contribution in [0.25, 0.3) is 11.4 Å². The molecule has 1 atom stereocenters. The minimum atomic E-state index is -4.15. The number of nitrogens with two attached hydrogens (primary N) is 1. The van der Waals surface area contributed by atoms with Crippen LogP contribution in [0.15, 0.2) is 45.8 Å². The van der Waals surface area contributed by atoms with Crippen LogP contribution in [0.3, 0.4) is 0 Å². The van der Waals surface area contributed by atoms with E-state index in [1.165, 1.54) is 18.7 Å². The Morgan fingerprint density at radius 1 is 1.15 bits per heavy atom. The van der Waals surface area contributed by atoms with Gasteiger partial charge in [-0.05, 0) is 55.9 Å². The van der Waals surface area contributed by atoms with E-state index in [0.29, 0.717) is 24.7 Å². The Kier molecular flexibility index (Phi) is 7.55. The molecule has 1 fully saturated rings. The summed E-state index contributed by atoms with van der Waals surface area (Å²) in [5.41, 5.74) is 7.52. The molecule has 3 heterocycles. The molecule has 220 valence electrons. The zero-order chi connectivity index (χ0) is 29.7. The summed E-state index contributed by atoms with van der Waals surface area (Å²) in [6.45, 7) is 4.12. The van der Waals surface area contributed by atoms with E-state index < -0.39 is 47.9 Å². The lowest BCUT2D eigenvalue weighted by Crippen LogP contribution is -2.45. The van der Waals surface area contributed by atoms with Gasteiger partial charge in [0.15, 0.2) is 19.7 Å². The van der Waals surface area contributed by atoms with Crippen LogP contribution in [-0.4, -0.2) is 64.1 Å². The lowest BCUT2D eigenvalue weighted by molar-refractivity contribution is -0.119. The zero-order valence-corrected chi connectivity index (χ0v) is 24.5. The van der Waals surface area contributed by atoms with Crippen LogP contribution < -0.4 is 10.6 Å². The van der Waals surface area contributed by atoms with Gasteiger partial charge in [-0.15, -0.1) is 0 Å². The molecule has 0 radical (unpaired) electrons. The highest BCUT2D eigenvalue weighted by atomic mass is 32.2. The number of nitrogens with zero attached hydrogens (tertiary/aromatic N) is 3. The lowest BCUT2D eigenvalue weighted by Gasteiger charge is -2.25. The number of hydrogen-bond acceptors (Lipinski definition) is 10. The molecule has 0 bridgehead atoms. The first-order valence-corrected chi connectivity index (χ1v) is 16.6. The van der Waals surface area contributed by atoms with Crippen LogP contribution in [0, 0.1) is 5.82 Å². The lowest BCUT2D eigenvalue weighted by atomic mass is 9.91. The summed E-state index contributed by atoms with van der Waals surface area (Å²) < 4.78 is 75.2. The number of rotatable bonds is 6. The van der Waals surface area contributed by atoms with E-state index >= 15 is 4.39 Å². The molecule has 2 aromatic carbocycles. The van der Waals surface area contributed by atoms with Crippen molar-refractivity contribution in [1.82, 2.24) is 10.1 Å². The number of sulfone groups is 2. The predicted molar refractivity (Wildman–Crippen MR) is 148 cm³/mol. The summed E-state index contributed by atoms with van der Waals surface area (Å²) in [6, 6.07) is 8.29. The van der Waals surface area contributed by atoms with Gasteiger partial charge in [0.05, 0.1) is 34.5 Å². The maximum absolute atomic E-state index is 15.4. The van der Waals surface area contributed by atoms with Gasteiger partial charge < -0.3 is 19.9 Å². The standard InChI is InChI=1S/C27H31FN4O7S2/c1-27(2,40(3,34)35)26-30-24(31-39-26)19-12-22-23(13-20(19)28)41(36,37)15-21(29)25(33)32(22)14-16-4-6-17(7-5-16)18-8-10-38-11-9-18/h4-7,12-13,18,21H,8-11,14-15,29H2,1-3H3/t21-/m0/s1. The summed E-state index contributed by atoms with van der Waals surface area (Å²) in [7, 11) is -7.83. The molecule has 11 nitrogen and oxygen atoms in total. The van der Waals surface area contributed by atoms with E-state index in [1.54, 1.807) is 0 Å². The molecular formula is C27H31FN4O7S2. The highest BCUT2D eigenvalue weighted by Crippen LogP contribution is 2.38. The molecule has 1 amide bonds. The minimum absolute atomic E-state index is 0.0210. The van der Waals surface area contributed by atoms with Crippen LogP contribution in [0.4, 0.5) is 10.1 Å². The van der Waals surface area contributed by atoms with Gasteiger partial charge in [-0.2, -0.15) is 4.98 Å². The molecule has 1 saturated heterocycles. The fourth-order valence-electron chi connectivity index (χ4n) is 4.90. The number of anilines is 1. The van der Waals surface area contributed by atoms with E-state index in [4.69, 9.17) is 15.0 Å². The zero-order valence-electron chi connectivity index (χ0n) is 22.8. The highest BCUT2D eigenvalue weighted by molar-refractivity contribution is 7.92. The Hall–Kier alpha value is -3.20. The number of halogens is 1. The van der Waals surface area contributed by atoms with Gasteiger partial charge in [-0.25, -0.2) is 21.2 Å². The second kappa shape index (κ2) is 10.6. The Bertz CT molecular complexity index is 1700. The molecule has 0 unspecified atom stereocenters. The maximum Gasteiger partial charge on any atom is 0.247 e. The molecule has 2 aliphatic rings. The Balaban J connectivity index is 1.56. The summed E-state index contributed by atoms with van der Waals surface area (Å²) in [5.74, 6) is -2.51. The Morgan fingerprint density at radius 3 is 2.44 bits per heavy atom. The normalized spacial score (nSPS) is 20.1. The van der Waals surface area contributed by atoms with Crippen molar-refractivity contribution in [3.05, 3.63) is 59.2 Å². The molecule has 2 N–H and O–H groups in total. The van der Waals surface area contributed by atoms with E-state index in [9.17, 15) is 21.6 Å². The van der Waals surface area contributed by atoms with Crippen LogP contribution in [0.5, 0.6) is 0 Å². The second-order valence-electron chi connectivity index (χ2n) is 10.9. The van der Waals surface area contributed by atoms with Crippen LogP contribution in [0.1, 0.15) is 49.6 Å². The predicted octanol–water partition coefficient (Wildman–Crippen LogP) is 2.70. The van der Waals surface area contributed by atoms with Gasteiger partial charge in [0.2, 0.25) is 17.6 Å². The fraction of sp³-hybridized carbons (Fsp3) is 0.444. The summed E-state index contributed by atoms with van der Waals surface area (Å²) in [5, 5.41) is 3.76. The quantitative estimate of drug-likeness (QED) is 0.441. The van der Waals surface area contributed by atoms with Crippen molar-refractivity contribution < 1.29 is 35.3 Å². The maximum atomic E-state index is 15.4. The SMILES string of the molecule is CC(C)(c1nc(-c2cc3c(cc2F)S(=O)(=O)C[C@H](N)C(=O)N3Cc2ccc(C3CCOCC3)cc2)no1)S(C)(=O)=O. The van der Waals surface area contributed by atoms with Gasteiger partial charge in [0.1, 0.15) is 10.6 Å². The summed E-state index contributed by atoms with van der Waals surface area (Å²) >= 11 is 0. The molecule has 1 aromatic heterocycles. The molecule has 5 rings (SSSR count). The number of hydrogen-bond donors (Lipinski definition) is 1. The average Bonchev–Trinajstić information content (AvgIpc) is 3.40. The van der Waals surface area contributed by atoms with E-state index in [2.05, 4.69) is 10.1 Å². The van der Waals surface area contributed by atoms with Crippen LogP contribution >= 0.6 is 0 Å². The Labute approximate surface area is 237 Å².